The fourth-order valence-electron chi connectivity index (χ4n) is 4.13. The van der Waals surface area contributed by atoms with Crippen LogP contribution in [0.25, 0.3) is 27.8 Å². The molecule has 0 saturated carbocycles. The zero-order valence-electron chi connectivity index (χ0n) is 17.4. The molecule has 1 N–H and O–H groups in total. The summed E-state index contributed by atoms with van der Waals surface area (Å²) in [5.41, 5.74) is 6.80. The van der Waals surface area contributed by atoms with Crippen LogP contribution in [0.3, 0.4) is 0 Å². The third kappa shape index (κ3) is 3.57. The smallest absolute Gasteiger partial charge is 0.150 e. The van der Waals surface area contributed by atoms with Gasteiger partial charge in [-0.3, -0.25) is 0 Å². The molecule has 5 nitrogen and oxygen atoms in total. The molecule has 1 saturated heterocycles. The highest BCUT2D eigenvalue weighted by molar-refractivity contribution is 6.02. The van der Waals surface area contributed by atoms with Crippen LogP contribution >= 0.6 is 0 Å². The Kier molecular flexibility index (Phi) is 4.97. The lowest BCUT2D eigenvalue weighted by Crippen LogP contribution is -2.28. The predicted octanol–water partition coefficient (Wildman–Crippen LogP) is 5.30. The minimum atomic E-state index is 0.366. The van der Waals surface area contributed by atoms with Crippen LogP contribution in [0.2, 0.25) is 0 Å². The standard InChI is InChI=1S/C25H26N4O/c1-17-6-8-19(9-7-17)22-15-29(21-5-3-4-18(2)14-21)25-23(22)24(26-16-27-25)28-20-10-12-30-13-11-20/h3-9,14-16,20H,10-13H2,1-2H3,(H,26,27,28). The van der Waals surface area contributed by atoms with E-state index in [9.17, 15) is 0 Å². The molecule has 5 heteroatoms. The second kappa shape index (κ2) is 7.92. The van der Waals surface area contributed by atoms with E-state index < -0.39 is 0 Å². The molecular formula is C25H26N4O. The third-order valence-electron chi connectivity index (χ3n) is 5.79. The number of hydrogen-bond acceptors (Lipinski definition) is 4. The molecule has 0 amide bonds. The van der Waals surface area contributed by atoms with E-state index >= 15 is 0 Å². The quantitative estimate of drug-likeness (QED) is 0.507. The van der Waals surface area contributed by atoms with Crippen molar-refractivity contribution < 1.29 is 4.74 Å². The summed E-state index contributed by atoms with van der Waals surface area (Å²) in [7, 11) is 0. The summed E-state index contributed by atoms with van der Waals surface area (Å²) in [5.74, 6) is 0.897. The minimum absolute atomic E-state index is 0.366. The lowest BCUT2D eigenvalue weighted by molar-refractivity contribution is 0.0904. The Morgan fingerprint density at radius 2 is 1.77 bits per heavy atom. The van der Waals surface area contributed by atoms with Crippen LogP contribution in [-0.2, 0) is 4.74 Å². The van der Waals surface area contributed by atoms with Gasteiger partial charge in [-0.15, -0.1) is 0 Å². The molecule has 0 aliphatic carbocycles. The normalized spacial score (nSPS) is 14.9. The summed E-state index contributed by atoms with van der Waals surface area (Å²) in [4.78, 5) is 9.34. The van der Waals surface area contributed by atoms with Crippen molar-refractivity contribution in [3.8, 4) is 16.8 Å². The van der Waals surface area contributed by atoms with E-state index in [2.05, 4.69) is 83.4 Å². The summed E-state index contributed by atoms with van der Waals surface area (Å²) in [6.45, 7) is 5.81. The Morgan fingerprint density at radius 1 is 0.967 bits per heavy atom. The fourth-order valence-corrected chi connectivity index (χ4v) is 4.13. The van der Waals surface area contributed by atoms with Crippen molar-refractivity contribution in [3.05, 3.63) is 72.2 Å². The molecule has 0 radical (unpaired) electrons. The van der Waals surface area contributed by atoms with Crippen molar-refractivity contribution in [2.75, 3.05) is 18.5 Å². The average Bonchev–Trinajstić information content (AvgIpc) is 3.16. The van der Waals surface area contributed by atoms with E-state index in [1.807, 2.05) is 0 Å². The number of aromatic nitrogens is 3. The number of fused-ring (bicyclic) bond motifs is 1. The Bertz CT molecular complexity index is 1170. The number of nitrogens with one attached hydrogen (secondary N) is 1. The van der Waals surface area contributed by atoms with Gasteiger partial charge in [-0.1, -0.05) is 42.0 Å². The molecule has 0 unspecified atom stereocenters. The first-order valence-electron chi connectivity index (χ1n) is 10.5. The van der Waals surface area contributed by atoms with Gasteiger partial charge in [0.2, 0.25) is 0 Å². The highest BCUT2D eigenvalue weighted by Gasteiger charge is 2.20. The molecule has 1 aliphatic rings. The number of ether oxygens (including phenoxy) is 1. The van der Waals surface area contributed by atoms with Gasteiger partial charge in [0.1, 0.15) is 12.1 Å². The molecule has 2 aromatic heterocycles. The van der Waals surface area contributed by atoms with Gasteiger partial charge < -0.3 is 14.6 Å². The van der Waals surface area contributed by atoms with Gasteiger partial charge in [0, 0.05) is 36.7 Å². The van der Waals surface area contributed by atoms with E-state index in [0.29, 0.717) is 6.04 Å². The molecular weight excluding hydrogens is 372 g/mol. The highest BCUT2D eigenvalue weighted by Crippen LogP contribution is 2.36. The molecule has 4 aromatic rings. The van der Waals surface area contributed by atoms with Crippen LogP contribution in [0, 0.1) is 13.8 Å². The van der Waals surface area contributed by atoms with Gasteiger partial charge in [0.25, 0.3) is 0 Å². The molecule has 2 aromatic carbocycles. The maximum atomic E-state index is 5.53. The van der Waals surface area contributed by atoms with Crippen molar-refractivity contribution in [1.82, 2.24) is 14.5 Å². The topological polar surface area (TPSA) is 52.0 Å². The Labute approximate surface area is 176 Å². The number of benzene rings is 2. The van der Waals surface area contributed by atoms with Gasteiger partial charge in [-0.05, 0) is 49.9 Å². The summed E-state index contributed by atoms with van der Waals surface area (Å²) >= 11 is 0. The van der Waals surface area contributed by atoms with Gasteiger partial charge in [-0.2, -0.15) is 0 Å². The molecule has 3 heterocycles. The largest absolute Gasteiger partial charge is 0.381 e. The zero-order chi connectivity index (χ0) is 20.5. The van der Waals surface area contributed by atoms with Gasteiger partial charge in [0.05, 0.1) is 5.39 Å². The predicted molar refractivity (Wildman–Crippen MR) is 121 cm³/mol. The van der Waals surface area contributed by atoms with Gasteiger partial charge in [0.15, 0.2) is 5.65 Å². The van der Waals surface area contributed by atoms with Crippen molar-refractivity contribution in [1.29, 1.82) is 0 Å². The number of aryl methyl sites for hydroxylation is 2. The summed E-state index contributed by atoms with van der Waals surface area (Å²) in [6.07, 6.45) is 5.83. The van der Waals surface area contributed by atoms with E-state index in [4.69, 9.17) is 9.72 Å². The highest BCUT2D eigenvalue weighted by atomic mass is 16.5. The number of nitrogens with zero attached hydrogens (tertiary/aromatic N) is 3. The van der Waals surface area contributed by atoms with Crippen LogP contribution in [-0.4, -0.2) is 33.8 Å². The van der Waals surface area contributed by atoms with Gasteiger partial charge >= 0.3 is 0 Å². The van der Waals surface area contributed by atoms with Crippen molar-refractivity contribution >= 4 is 16.9 Å². The average molecular weight is 399 g/mol. The van der Waals surface area contributed by atoms with Crippen LogP contribution in [0.4, 0.5) is 5.82 Å². The van der Waals surface area contributed by atoms with Crippen molar-refractivity contribution in [2.45, 2.75) is 32.7 Å². The minimum Gasteiger partial charge on any atom is -0.381 e. The van der Waals surface area contributed by atoms with Crippen LogP contribution in [0.1, 0.15) is 24.0 Å². The first-order valence-corrected chi connectivity index (χ1v) is 10.5. The Hall–Kier alpha value is -3.18. The molecule has 0 atom stereocenters. The molecule has 30 heavy (non-hydrogen) atoms. The first-order chi connectivity index (χ1) is 14.7. The SMILES string of the molecule is Cc1ccc(-c2cn(-c3cccc(C)c3)c3ncnc(NC4CCOCC4)c23)cc1. The second-order valence-corrected chi connectivity index (χ2v) is 8.07. The Morgan fingerprint density at radius 3 is 2.53 bits per heavy atom. The molecule has 1 fully saturated rings. The maximum Gasteiger partial charge on any atom is 0.150 e. The fraction of sp³-hybridized carbons (Fsp3) is 0.280. The molecule has 0 spiro atoms. The van der Waals surface area contributed by atoms with Crippen molar-refractivity contribution in [3.63, 3.8) is 0 Å². The third-order valence-corrected chi connectivity index (χ3v) is 5.79. The number of hydrogen-bond donors (Lipinski definition) is 1. The monoisotopic (exact) mass is 398 g/mol. The zero-order valence-corrected chi connectivity index (χ0v) is 17.4. The second-order valence-electron chi connectivity index (χ2n) is 8.07. The molecule has 152 valence electrons. The summed E-state index contributed by atoms with van der Waals surface area (Å²) in [6, 6.07) is 17.5. The summed E-state index contributed by atoms with van der Waals surface area (Å²) < 4.78 is 7.70. The van der Waals surface area contributed by atoms with E-state index in [0.717, 1.165) is 54.2 Å². The maximum absolute atomic E-state index is 5.53. The molecule has 0 bridgehead atoms. The lowest BCUT2D eigenvalue weighted by Gasteiger charge is -2.24. The Balaban J connectivity index is 1.70. The first kappa shape index (κ1) is 18.8. The van der Waals surface area contributed by atoms with E-state index in [1.165, 1.54) is 16.7 Å². The van der Waals surface area contributed by atoms with Crippen molar-refractivity contribution in [2.24, 2.45) is 0 Å². The summed E-state index contributed by atoms with van der Waals surface area (Å²) in [5, 5.41) is 4.74. The van der Waals surface area contributed by atoms with E-state index in [-0.39, 0.29) is 0 Å². The number of anilines is 1. The van der Waals surface area contributed by atoms with Crippen LogP contribution in [0.15, 0.2) is 61.1 Å². The van der Waals surface area contributed by atoms with Gasteiger partial charge in [-0.25, -0.2) is 9.97 Å². The molecule has 5 rings (SSSR count). The lowest BCUT2D eigenvalue weighted by atomic mass is 10.0. The molecule has 1 aliphatic heterocycles. The number of rotatable bonds is 4. The van der Waals surface area contributed by atoms with Crippen LogP contribution in [0.5, 0.6) is 0 Å². The van der Waals surface area contributed by atoms with Crippen LogP contribution < -0.4 is 5.32 Å². The van der Waals surface area contributed by atoms with E-state index in [1.54, 1.807) is 6.33 Å².